The number of aliphatic hydroxyl groups is 1. The van der Waals surface area contributed by atoms with Gasteiger partial charge in [0.25, 0.3) is 0 Å². The standard InChI is InChI=1S/C27H46O9S2/c1-17(2)6-5-7-18(16-35-37(29,30)31)20-10-11-21-19-8-9-23-25(28)24(36-38(32,33)34)13-15-27(23,4)22(19)12-14-26(20,21)3/h9,17-22,24-25,28H,5-8,10-16H2,1-4H3,(H,29,30,31)(H,32,33,34)/t18-,19?,20+,21?,22?,24+,25+,26+,27+/m0/s1. The van der Waals surface area contributed by atoms with Gasteiger partial charge in [0.2, 0.25) is 0 Å². The molecule has 9 nitrogen and oxygen atoms in total. The maximum Gasteiger partial charge on any atom is 0.397 e. The summed E-state index contributed by atoms with van der Waals surface area (Å²) in [5.74, 6) is 2.18. The van der Waals surface area contributed by atoms with Gasteiger partial charge in [-0.1, -0.05) is 46.6 Å². The second kappa shape index (κ2) is 11.0. The first kappa shape index (κ1) is 30.4. The van der Waals surface area contributed by atoms with E-state index >= 15 is 0 Å². The Bertz CT molecular complexity index is 1100. The summed E-state index contributed by atoms with van der Waals surface area (Å²) < 4.78 is 73.7. The van der Waals surface area contributed by atoms with Crippen LogP contribution < -0.4 is 0 Å². The molecule has 0 aromatic heterocycles. The molecule has 4 aliphatic rings. The predicted molar refractivity (Wildman–Crippen MR) is 143 cm³/mol. The van der Waals surface area contributed by atoms with Crippen LogP contribution in [0.15, 0.2) is 11.6 Å². The van der Waals surface area contributed by atoms with E-state index in [1.807, 2.05) is 0 Å². The highest BCUT2D eigenvalue weighted by Crippen LogP contribution is 2.67. The lowest BCUT2D eigenvalue weighted by molar-refractivity contribution is -0.0788. The Hall–Kier alpha value is -0.560. The molecule has 38 heavy (non-hydrogen) atoms. The average molecular weight is 579 g/mol. The quantitative estimate of drug-likeness (QED) is 0.241. The molecule has 0 amide bonds. The zero-order valence-corrected chi connectivity index (χ0v) is 24.7. The fourth-order valence-electron chi connectivity index (χ4n) is 9.14. The van der Waals surface area contributed by atoms with Crippen molar-refractivity contribution in [3.8, 4) is 0 Å². The molecule has 0 heterocycles. The van der Waals surface area contributed by atoms with Crippen LogP contribution in [0.25, 0.3) is 0 Å². The molecule has 9 atom stereocenters. The largest absolute Gasteiger partial charge is 0.397 e. The number of rotatable bonds is 10. The zero-order chi connectivity index (χ0) is 28.1. The fourth-order valence-corrected chi connectivity index (χ4v) is 10.0. The molecular formula is C27H46O9S2. The van der Waals surface area contributed by atoms with E-state index in [0.29, 0.717) is 42.4 Å². The van der Waals surface area contributed by atoms with Crippen LogP contribution in [0.1, 0.15) is 91.9 Å². The smallest absolute Gasteiger partial charge is 0.386 e. The van der Waals surface area contributed by atoms with E-state index in [-0.39, 0.29) is 23.4 Å². The van der Waals surface area contributed by atoms with Crippen molar-refractivity contribution >= 4 is 20.8 Å². The Morgan fingerprint density at radius 3 is 2.32 bits per heavy atom. The number of fused-ring (bicyclic) bond motifs is 5. The number of hydrogen-bond donors (Lipinski definition) is 3. The first-order valence-electron chi connectivity index (χ1n) is 14.2. The molecule has 3 unspecified atom stereocenters. The summed E-state index contributed by atoms with van der Waals surface area (Å²) >= 11 is 0. The van der Waals surface area contributed by atoms with Gasteiger partial charge in [-0.15, -0.1) is 0 Å². The van der Waals surface area contributed by atoms with Crippen LogP contribution in [-0.4, -0.2) is 49.9 Å². The van der Waals surface area contributed by atoms with Crippen LogP contribution in [-0.2, 0) is 29.2 Å². The molecule has 0 radical (unpaired) electrons. The maximum atomic E-state index is 11.4. The predicted octanol–water partition coefficient (Wildman–Crippen LogP) is 4.99. The van der Waals surface area contributed by atoms with Gasteiger partial charge in [0.1, 0.15) is 12.2 Å². The summed E-state index contributed by atoms with van der Waals surface area (Å²) in [7, 11) is -9.14. The minimum absolute atomic E-state index is 0.0150. The van der Waals surface area contributed by atoms with Crippen LogP contribution >= 0.6 is 0 Å². The molecule has 0 bridgehead atoms. The highest BCUT2D eigenvalue weighted by Gasteiger charge is 2.60. The van der Waals surface area contributed by atoms with Gasteiger partial charge >= 0.3 is 20.8 Å². The van der Waals surface area contributed by atoms with Gasteiger partial charge in [-0.3, -0.25) is 9.11 Å². The van der Waals surface area contributed by atoms with E-state index in [2.05, 4.69) is 33.8 Å². The third kappa shape index (κ3) is 6.19. The summed E-state index contributed by atoms with van der Waals surface area (Å²) in [5.41, 5.74) is 0.619. The minimum atomic E-state index is -4.65. The third-order valence-corrected chi connectivity index (χ3v) is 11.7. The van der Waals surface area contributed by atoms with E-state index in [4.69, 9.17) is 12.9 Å². The van der Waals surface area contributed by atoms with Crippen LogP contribution in [0.2, 0.25) is 0 Å². The lowest BCUT2D eigenvalue weighted by Crippen LogP contribution is -2.54. The van der Waals surface area contributed by atoms with Crippen molar-refractivity contribution in [2.45, 2.75) is 104 Å². The summed E-state index contributed by atoms with van der Waals surface area (Å²) in [6.45, 7) is 8.93. The summed E-state index contributed by atoms with van der Waals surface area (Å²) in [4.78, 5) is 0. The minimum Gasteiger partial charge on any atom is -0.386 e. The molecule has 3 saturated carbocycles. The Morgan fingerprint density at radius 1 is 0.974 bits per heavy atom. The Kier molecular flexibility index (Phi) is 8.82. The lowest BCUT2D eigenvalue weighted by Gasteiger charge is -2.59. The second-order valence-corrected chi connectivity index (χ2v) is 15.4. The molecule has 11 heteroatoms. The van der Waals surface area contributed by atoms with Crippen LogP contribution in [0, 0.1) is 46.3 Å². The van der Waals surface area contributed by atoms with Gasteiger partial charge in [0.05, 0.1) is 6.61 Å². The fraction of sp³-hybridized carbons (Fsp3) is 0.926. The van der Waals surface area contributed by atoms with Crippen molar-refractivity contribution in [1.29, 1.82) is 0 Å². The molecule has 4 aliphatic carbocycles. The molecule has 4 rings (SSSR count). The van der Waals surface area contributed by atoms with Crippen molar-refractivity contribution < 1.29 is 39.4 Å². The number of allylic oxidation sites excluding steroid dienone is 1. The zero-order valence-electron chi connectivity index (χ0n) is 23.1. The first-order valence-corrected chi connectivity index (χ1v) is 16.9. The lowest BCUT2D eigenvalue weighted by atomic mass is 9.46. The van der Waals surface area contributed by atoms with E-state index < -0.39 is 33.0 Å². The van der Waals surface area contributed by atoms with E-state index in [1.165, 1.54) is 0 Å². The van der Waals surface area contributed by atoms with Crippen molar-refractivity contribution in [2.75, 3.05) is 6.61 Å². The van der Waals surface area contributed by atoms with Gasteiger partial charge in [-0.05, 0) is 103 Å². The molecule has 0 aliphatic heterocycles. The molecule has 3 N–H and O–H groups in total. The van der Waals surface area contributed by atoms with Gasteiger partial charge in [-0.25, -0.2) is 8.37 Å². The monoisotopic (exact) mass is 578 g/mol. The molecule has 0 aromatic rings. The Balaban J connectivity index is 1.54. The Labute approximate surface area is 228 Å². The number of aliphatic hydroxyl groups excluding tert-OH is 1. The van der Waals surface area contributed by atoms with Crippen molar-refractivity contribution in [1.82, 2.24) is 0 Å². The van der Waals surface area contributed by atoms with Gasteiger partial charge < -0.3 is 5.11 Å². The van der Waals surface area contributed by atoms with Gasteiger partial charge in [-0.2, -0.15) is 16.8 Å². The van der Waals surface area contributed by atoms with E-state index in [0.717, 1.165) is 56.9 Å². The van der Waals surface area contributed by atoms with Crippen molar-refractivity contribution in [3.63, 3.8) is 0 Å². The normalized spacial score (nSPS) is 40.3. The topological polar surface area (TPSA) is 147 Å². The van der Waals surface area contributed by atoms with Crippen molar-refractivity contribution in [3.05, 3.63) is 11.6 Å². The van der Waals surface area contributed by atoms with Crippen LogP contribution in [0.3, 0.4) is 0 Å². The maximum absolute atomic E-state index is 11.4. The third-order valence-electron chi connectivity index (χ3n) is 10.8. The molecule has 0 spiro atoms. The van der Waals surface area contributed by atoms with E-state index in [1.54, 1.807) is 0 Å². The highest BCUT2D eigenvalue weighted by molar-refractivity contribution is 7.81. The van der Waals surface area contributed by atoms with Crippen LogP contribution in [0.4, 0.5) is 0 Å². The first-order chi connectivity index (χ1) is 17.6. The summed E-state index contributed by atoms with van der Waals surface area (Å²) in [6, 6.07) is 0. The second-order valence-electron chi connectivity index (χ2n) is 13.3. The SMILES string of the molecule is CC(C)CCC[C@@H](COS(=O)(=O)O)[C@H]1CCC2C3CC=C4[C@@H](O)[C@H](OS(=O)(=O)O)CC[C@]4(C)C3CC[C@@]21C. The molecule has 3 fully saturated rings. The highest BCUT2D eigenvalue weighted by atomic mass is 32.3. The van der Waals surface area contributed by atoms with Crippen molar-refractivity contribution in [2.24, 2.45) is 46.3 Å². The Morgan fingerprint density at radius 2 is 1.68 bits per heavy atom. The molecule has 0 saturated heterocycles. The van der Waals surface area contributed by atoms with E-state index in [9.17, 15) is 26.5 Å². The number of hydrogen-bond acceptors (Lipinski definition) is 7. The van der Waals surface area contributed by atoms with Crippen LogP contribution in [0.5, 0.6) is 0 Å². The van der Waals surface area contributed by atoms with Gasteiger partial charge in [0.15, 0.2) is 0 Å². The molecular weight excluding hydrogens is 532 g/mol. The molecule has 0 aromatic carbocycles. The molecule has 220 valence electrons. The summed E-state index contributed by atoms with van der Waals surface area (Å²) in [5, 5.41) is 11.0. The average Bonchev–Trinajstić information content (AvgIpc) is 3.14. The summed E-state index contributed by atoms with van der Waals surface area (Å²) in [6.07, 6.45) is 8.88. The van der Waals surface area contributed by atoms with Gasteiger partial charge in [0, 0.05) is 0 Å².